The van der Waals surface area contributed by atoms with Crippen molar-refractivity contribution in [3.05, 3.63) is 0 Å². The molecular formula is C12H19N3O2. The van der Waals surface area contributed by atoms with Gasteiger partial charge in [-0.3, -0.25) is 9.59 Å². The second kappa shape index (κ2) is 6.36. The van der Waals surface area contributed by atoms with Gasteiger partial charge in [0.25, 0.3) is 0 Å². The van der Waals surface area contributed by atoms with E-state index in [9.17, 15) is 9.59 Å². The van der Waals surface area contributed by atoms with Crippen LogP contribution in [0.2, 0.25) is 0 Å². The summed E-state index contributed by atoms with van der Waals surface area (Å²) in [7, 11) is 0. The van der Waals surface area contributed by atoms with E-state index in [2.05, 4.69) is 6.07 Å². The molecule has 0 aromatic carbocycles. The lowest BCUT2D eigenvalue weighted by atomic mass is 10.1. The number of likely N-dealkylation sites (tertiary alicyclic amines) is 1. The lowest BCUT2D eigenvalue weighted by Crippen LogP contribution is -2.45. The quantitative estimate of drug-likeness (QED) is 0.758. The van der Waals surface area contributed by atoms with Crippen molar-refractivity contribution in [3.63, 3.8) is 0 Å². The predicted octanol–water partition coefficient (Wildman–Crippen LogP) is 0.588. The molecule has 1 fully saturated rings. The number of ketones is 1. The fraction of sp³-hybridized carbons (Fsp3) is 0.750. The van der Waals surface area contributed by atoms with Crippen molar-refractivity contribution in [2.24, 2.45) is 5.73 Å². The maximum absolute atomic E-state index is 12.0. The predicted molar refractivity (Wildman–Crippen MR) is 62.9 cm³/mol. The van der Waals surface area contributed by atoms with Crippen LogP contribution in [-0.4, -0.2) is 35.2 Å². The van der Waals surface area contributed by atoms with Gasteiger partial charge in [0.15, 0.2) is 0 Å². The van der Waals surface area contributed by atoms with Crippen LogP contribution in [0, 0.1) is 11.3 Å². The molecule has 1 amide bonds. The number of nitriles is 1. The molecule has 1 saturated heterocycles. The van der Waals surface area contributed by atoms with Gasteiger partial charge in [0, 0.05) is 19.4 Å². The van der Waals surface area contributed by atoms with E-state index in [0.717, 1.165) is 12.8 Å². The molecule has 0 aliphatic carbocycles. The van der Waals surface area contributed by atoms with Crippen molar-refractivity contribution in [1.29, 1.82) is 5.26 Å². The van der Waals surface area contributed by atoms with Crippen LogP contribution < -0.4 is 5.73 Å². The maximum atomic E-state index is 12.0. The third kappa shape index (κ3) is 3.53. The Morgan fingerprint density at radius 1 is 1.59 bits per heavy atom. The average Bonchev–Trinajstić information content (AvgIpc) is 2.82. The molecule has 5 nitrogen and oxygen atoms in total. The van der Waals surface area contributed by atoms with Crippen LogP contribution in [0.1, 0.15) is 39.0 Å². The molecule has 2 N–H and O–H groups in total. The summed E-state index contributed by atoms with van der Waals surface area (Å²) in [5.74, 6) is -0.0792. The van der Waals surface area contributed by atoms with Gasteiger partial charge < -0.3 is 10.6 Å². The average molecular weight is 237 g/mol. The Morgan fingerprint density at radius 2 is 2.29 bits per heavy atom. The first kappa shape index (κ1) is 13.7. The molecule has 17 heavy (non-hydrogen) atoms. The molecule has 1 rings (SSSR count). The van der Waals surface area contributed by atoms with Crippen LogP contribution in [0.25, 0.3) is 0 Å². The van der Waals surface area contributed by atoms with Crippen LogP contribution in [0.3, 0.4) is 0 Å². The summed E-state index contributed by atoms with van der Waals surface area (Å²) in [6, 6.07) is 1.12. The fourth-order valence-electron chi connectivity index (χ4n) is 1.99. The van der Waals surface area contributed by atoms with Crippen LogP contribution in [-0.2, 0) is 9.59 Å². The maximum Gasteiger partial charge on any atom is 0.240 e. The van der Waals surface area contributed by atoms with Gasteiger partial charge in [-0.05, 0) is 19.3 Å². The molecule has 0 spiro atoms. The molecular weight excluding hydrogens is 218 g/mol. The van der Waals surface area contributed by atoms with Crippen LogP contribution in [0.15, 0.2) is 0 Å². The highest BCUT2D eigenvalue weighted by atomic mass is 16.2. The van der Waals surface area contributed by atoms with Gasteiger partial charge in [-0.15, -0.1) is 0 Å². The van der Waals surface area contributed by atoms with Crippen molar-refractivity contribution in [1.82, 2.24) is 4.90 Å². The van der Waals surface area contributed by atoms with E-state index in [1.165, 1.54) is 0 Å². The lowest BCUT2D eigenvalue weighted by Gasteiger charge is -2.23. The second-order valence-corrected chi connectivity index (χ2v) is 4.36. The highest BCUT2D eigenvalue weighted by Crippen LogP contribution is 2.18. The van der Waals surface area contributed by atoms with Gasteiger partial charge in [-0.25, -0.2) is 0 Å². The van der Waals surface area contributed by atoms with E-state index in [4.69, 9.17) is 11.0 Å². The van der Waals surface area contributed by atoms with Gasteiger partial charge in [0.1, 0.15) is 11.8 Å². The van der Waals surface area contributed by atoms with Gasteiger partial charge in [-0.1, -0.05) is 6.92 Å². The molecule has 1 heterocycles. The minimum absolute atomic E-state index is 0.117. The highest BCUT2D eigenvalue weighted by Gasteiger charge is 2.31. The Kier molecular flexibility index (Phi) is 5.11. The molecule has 94 valence electrons. The smallest absolute Gasteiger partial charge is 0.240 e. The molecule has 2 atom stereocenters. The second-order valence-electron chi connectivity index (χ2n) is 4.36. The van der Waals surface area contributed by atoms with E-state index in [-0.39, 0.29) is 17.7 Å². The lowest BCUT2D eigenvalue weighted by molar-refractivity contribution is -0.132. The Balaban J connectivity index is 2.46. The summed E-state index contributed by atoms with van der Waals surface area (Å²) in [5, 5.41) is 8.88. The highest BCUT2D eigenvalue weighted by molar-refractivity contribution is 5.84. The van der Waals surface area contributed by atoms with Gasteiger partial charge in [0.05, 0.1) is 12.1 Å². The molecule has 0 aromatic heterocycles. The number of nitrogens with zero attached hydrogens (tertiary/aromatic N) is 2. The van der Waals surface area contributed by atoms with Crippen molar-refractivity contribution in [2.45, 2.75) is 51.1 Å². The molecule has 0 radical (unpaired) electrons. The number of hydrogen-bond acceptors (Lipinski definition) is 4. The standard InChI is InChI=1S/C12H19N3O2/c1-2-10(16)5-6-11(14)12(17)15-7-3-4-9(15)8-13/h9,11H,2-7,14H2,1H3/t9-,11-/m0/s1. The molecule has 1 aliphatic heterocycles. The Hall–Kier alpha value is -1.41. The first-order valence-electron chi connectivity index (χ1n) is 6.07. The van der Waals surface area contributed by atoms with Crippen LogP contribution in [0.4, 0.5) is 0 Å². The number of carbonyl (C=O) groups is 2. The number of Topliss-reactive ketones (excluding diaryl/α,β-unsaturated/α-hetero) is 1. The summed E-state index contributed by atoms with van der Waals surface area (Å²) in [6.07, 6.45) is 2.77. The van der Waals surface area contributed by atoms with Gasteiger partial charge in [-0.2, -0.15) is 5.26 Å². The number of rotatable bonds is 5. The Labute approximate surface area is 102 Å². The van der Waals surface area contributed by atoms with E-state index < -0.39 is 6.04 Å². The topological polar surface area (TPSA) is 87.2 Å². The monoisotopic (exact) mass is 237 g/mol. The normalized spacial score (nSPS) is 21.0. The first-order chi connectivity index (χ1) is 8.10. The van der Waals surface area contributed by atoms with Crippen molar-refractivity contribution in [2.75, 3.05) is 6.54 Å². The molecule has 0 saturated carbocycles. The zero-order valence-electron chi connectivity index (χ0n) is 10.2. The Morgan fingerprint density at radius 3 is 2.88 bits per heavy atom. The van der Waals surface area contributed by atoms with Gasteiger partial charge in [0.2, 0.25) is 5.91 Å². The largest absolute Gasteiger partial charge is 0.325 e. The summed E-state index contributed by atoms with van der Waals surface area (Å²) in [6.45, 7) is 2.40. The SMILES string of the molecule is CCC(=O)CC[C@H](N)C(=O)N1CCC[C@H]1C#N. The number of hydrogen-bond donors (Lipinski definition) is 1. The molecule has 1 aliphatic rings. The zero-order chi connectivity index (χ0) is 12.8. The minimum Gasteiger partial charge on any atom is -0.325 e. The van der Waals surface area contributed by atoms with Crippen molar-refractivity contribution in [3.8, 4) is 6.07 Å². The number of amides is 1. The van der Waals surface area contributed by atoms with Gasteiger partial charge >= 0.3 is 0 Å². The van der Waals surface area contributed by atoms with Crippen molar-refractivity contribution >= 4 is 11.7 Å². The van der Waals surface area contributed by atoms with Crippen LogP contribution >= 0.6 is 0 Å². The minimum atomic E-state index is -0.653. The molecule has 0 bridgehead atoms. The van der Waals surface area contributed by atoms with Crippen LogP contribution in [0.5, 0.6) is 0 Å². The fourth-order valence-corrected chi connectivity index (χ4v) is 1.99. The molecule has 0 unspecified atom stereocenters. The van der Waals surface area contributed by atoms with E-state index >= 15 is 0 Å². The summed E-state index contributed by atoms with van der Waals surface area (Å²) < 4.78 is 0. The van der Waals surface area contributed by atoms with Crippen molar-refractivity contribution < 1.29 is 9.59 Å². The third-order valence-electron chi connectivity index (χ3n) is 3.13. The Bertz CT molecular complexity index is 335. The third-order valence-corrected chi connectivity index (χ3v) is 3.13. The van der Waals surface area contributed by atoms with E-state index in [1.54, 1.807) is 11.8 Å². The zero-order valence-corrected chi connectivity index (χ0v) is 10.2. The summed E-state index contributed by atoms with van der Waals surface area (Å²) in [4.78, 5) is 24.6. The first-order valence-corrected chi connectivity index (χ1v) is 6.07. The van der Waals surface area contributed by atoms with E-state index in [1.807, 2.05) is 0 Å². The summed E-state index contributed by atoms with van der Waals surface area (Å²) >= 11 is 0. The number of nitrogens with two attached hydrogens (primary N) is 1. The summed E-state index contributed by atoms with van der Waals surface area (Å²) in [5.41, 5.74) is 5.76. The molecule has 0 aromatic rings. The number of carbonyl (C=O) groups excluding carboxylic acids is 2. The van der Waals surface area contributed by atoms with E-state index in [0.29, 0.717) is 25.8 Å². The molecule has 5 heteroatoms.